The molecule has 102 valence electrons. The molecule has 3 nitrogen and oxygen atoms in total. The molecule has 0 aliphatic heterocycles. The average molecular weight is 282 g/mol. The minimum absolute atomic E-state index is 0.00949. The molecule has 1 aromatic heterocycles. The van der Waals surface area contributed by atoms with E-state index >= 15 is 0 Å². The van der Waals surface area contributed by atoms with Crippen molar-refractivity contribution in [2.24, 2.45) is 0 Å². The van der Waals surface area contributed by atoms with E-state index in [0.29, 0.717) is 12.1 Å². The van der Waals surface area contributed by atoms with Gasteiger partial charge in [-0.25, -0.2) is 4.39 Å². The van der Waals surface area contributed by atoms with Crippen molar-refractivity contribution in [2.75, 3.05) is 0 Å². The fourth-order valence-electron chi connectivity index (χ4n) is 1.67. The van der Waals surface area contributed by atoms with Crippen LogP contribution in [0, 0.1) is 17.1 Å². The second-order valence-corrected chi connectivity index (χ2v) is 3.99. The van der Waals surface area contributed by atoms with E-state index in [1.807, 2.05) is 0 Å². The lowest BCUT2D eigenvalue weighted by atomic mass is 10.1. The van der Waals surface area contributed by atoms with Crippen LogP contribution in [-0.4, -0.2) is 4.98 Å². The molecular formula is C13H6F4N2O. The van der Waals surface area contributed by atoms with Crippen molar-refractivity contribution >= 4 is 0 Å². The molecule has 0 aliphatic rings. The topological polar surface area (TPSA) is 56.6 Å². The van der Waals surface area contributed by atoms with Crippen LogP contribution in [0.5, 0.6) is 0 Å². The van der Waals surface area contributed by atoms with Crippen LogP contribution in [0.2, 0.25) is 0 Å². The van der Waals surface area contributed by atoms with Gasteiger partial charge in [-0.1, -0.05) is 0 Å². The number of benzene rings is 1. The maximum Gasteiger partial charge on any atom is 0.416 e. The minimum Gasteiger partial charge on any atom is -0.322 e. The van der Waals surface area contributed by atoms with Gasteiger partial charge in [-0.3, -0.25) is 4.79 Å². The number of pyridine rings is 1. The fourth-order valence-corrected chi connectivity index (χ4v) is 1.67. The van der Waals surface area contributed by atoms with E-state index in [1.165, 1.54) is 6.07 Å². The number of nitrogens with one attached hydrogen (secondary N) is 1. The second-order valence-electron chi connectivity index (χ2n) is 3.99. The van der Waals surface area contributed by atoms with Gasteiger partial charge in [0, 0.05) is 17.3 Å². The van der Waals surface area contributed by atoms with Crippen molar-refractivity contribution in [1.82, 2.24) is 4.98 Å². The van der Waals surface area contributed by atoms with Crippen molar-refractivity contribution in [2.45, 2.75) is 6.18 Å². The Morgan fingerprint density at radius 3 is 2.40 bits per heavy atom. The SMILES string of the molecule is N#Cc1cc(F)cc(-c2cc(C(F)(F)F)cc(=O)[nH]2)c1. The molecule has 1 heterocycles. The Morgan fingerprint density at radius 2 is 1.80 bits per heavy atom. The molecule has 0 unspecified atom stereocenters. The summed E-state index contributed by atoms with van der Waals surface area (Å²) < 4.78 is 51.1. The lowest BCUT2D eigenvalue weighted by Crippen LogP contribution is -2.13. The van der Waals surface area contributed by atoms with E-state index in [0.717, 1.165) is 12.1 Å². The second kappa shape index (κ2) is 4.81. The predicted molar refractivity (Wildman–Crippen MR) is 62.2 cm³/mol. The van der Waals surface area contributed by atoms with Crippen molar-refractivity contribution in [3.63, 3.8) is 0 Å². The van der Waals surface area contributed by atoms with Gasteiger partial charge in [0.1, 0.15) is 5.82 Å². The minimum atomic E-state index is -4.69. The number of aromatic nitrogens is 1. The Morgan fingerprint density at radius 1 is 1.10 bits per heavy atom. The maximum absolute atomic E-state index is 13.3. The standard InChI is InChI=1S/C13H6F4N2O/c14-10-2-7(6-18)1-8(3-10)11-4-9(13(15,16)17)5-12(20)19-11/h1-5H,(H,19,20). The third-order valence-electron chi connectivity index (χ3n) is 2.51. The molecule has 0 bridgehead atoms. The third kappa shape index (κ3) is 2.85. The number of aromatic amines is 1. The quantitative estimate of drug-likeness (QED) is 0.817. The zero-order chi connectivity index (χ0) is 14.9. The van der Waals surface area contributed by atoms with Gasteiger partial charge < -0.3 is 4.98 Å². The molecule has 0 atom stereocenters. The van der Waals surface area contributed by atoms with E-state index in [9.17, 15) is 22.4 Å². The first-order valence-corrected chi connectivity index (χ1v) is 5.32. The van der Waals surface area contributed by atoms with Crippen molar-refractivity contribution in [3.05, 3.63) is 57.6 Å². The van der Waals surface area contributed by atoms with Crippen LogP contribution in [0.4, 0.5) is 17.6 Å². The summed E-state index contributed by atoms with van der Waals surface area (Å²) in [6.45, 7) is 0. The zero-order valence-electron chi connectivity index (χ0n) is 9.75. The van der Waals surface area contributed by atoms with Crippen LogP contribution in [0.15, 0.2) is 35.1 Å². The van der Waals surface area contributed by atoms with Crippen LogP contribution in [0.25, 0.3) is 11.3 Å². The summed E-state index contributed by atoms with van der Waals surface area (Å²) in [6.07, 6.45) is -4.69. The molecule has 0 spiro atoms. The first-order valence-electron chi connectivity index (χ1n) is 5.32. The molecule has 1 N–H and O–H groups in total. The number of rotatable bonds is 1. The Labute approximate surface area is 110 Å². The number of nitriles is 1. The molecule has 7 heteroatoms. The van der Waals surface area contributed by atoms with Gasteiger partial charge in [0.25, 0.3) is 0 Å². The Hall–Kier alpha value is -2.62. The number of hydrogen-bond acceptors (Lipinski definition) is 2. The highest BCUT2D eigenvalue weighted by Gasteiger charge is 2.31. The van der Waals surface area contributed by atoms with E-state index in [-0.39, 0.29) is 16.8 Å². The normalized spacial score (nSPS) is 11.2. The predicted octanol–water partition coefficient (Wildman–Crippen LogP) is 3.07. The summed E-state index contributed by atoms with van der Waals surface area (Å²) in [6, 6.07) is 5.85. The highest BCUT2D eigenvalue weighted by Crippen LogP contribution is 2.30. The van der Waals surface area contributed by atoms with Crippen LogP contribution in [-0.2, 0) is 6.18 Å². The van der Waals surface area contributed by atoms with E-state index in [2.05, 4.69) is 4.98 Å². The average Bonchev–Trinajstić information content (AvgIpc) is 2.36. The molecule has 2 aromatic rings. The van der Waals surface area contributed by atoms with E-state index in [4.69, 9.17) is 5.26 Å². The molecule has 1 aromatic carbocycles. The molecule has 2 rings (SSSR count). The Balaban J connectivity index is 2.65. The molecule has 20 heavy (non-hydrogen) atoms. The third-order valence-corrected chi connectivity index (χ3v) is 2.51. The lowest BCUT2D eigenvalue weighted by molar-refractivity contribution is -0.137. The smallest absolute Gasteiger partial charge is 0.322 e. The summed E-state index contributed by atoms with van der Waals surface area (Å²) in [7, 11) is 0. The molecule has 0 radical (unpaired) electrons. The summed E-state index contributed by atoms with van der Waals surface area (Å²) in [4.78, 5) is 13.4. The van der Waals surface area contributed by atoms with Crippen LogP contribution in [0.1, 0.15) is 11.1 Å². The zero-order valence-corrected chi connectivity index (χ0v) is 9.75. The fraction of sp³-hybridized carbons (Fsp3) is 0.0769. The van der Waals surface area contributed by atoms with E-state index in [1.54, 1.807) is 6.07 Å². The molecule has 0 saturated heterocycles. The van der Waals surface area contributed by atoms with Gasteiger partial charge in [-0.2, -0.15) is 18.4 Å². The van der Waals surface area contributed by atoms with E-state index < -0.39 is 23.1 Å². The van der Waals surface area contributed by atoms with Crippen LogP contribution >= 0.6 is 0 Å². The highest BCUT2D eigenvalue weighted by molar-refractivity contribution is 5.62. The van der Waals surface area contributed by atoms with Gasteiger partial charge in [-0.15, -0.1) is 0 Å². The first-order chi connectivity index (χ1) is 9.29. The Kier molecular flexibility index (Phi) is 3.32. The molecule has 0 fully saturated rings. The molecular weight excluding hydrogens is 276 g/mol. The van der Waals surface area contributed by atoms with Crippen LogP contribution < -0.4 is 5.56 Å². The largest absolute Gasteiger partial charge is 0.416 e. The van der Waals surface area contributed by atoms with Crippen molar-refractivity contribution < 1.29 is 17.6 Å². The summed E-state index contributed by atoms with van der Waals surface area (Å²) in [5.74, 6) is -0.780. The van der Waals surface area contributed by atoms with Gasteiger partial charge >= 0.3 is 6.18 Å². The summed E-state index contributed by atoms with van der Waals surface area (Å²) in [5, 5.41) is 8.70. The Bertz CT molecular complexity index is 756. The van der Waals surface area contributed by atoms with Gasteiger partial charge in [0.05, 0.1) is 17.2 Å². The number of alkyl halides is 3. The summed E-state index contributed by atoms with van der Waals surface area (Å²) in [5.41, 5.74) is -2.37. The van der Waals surface area contributed by atoms with Gasteiger partial charge in [0.2, 0.25) is 5.56 Å². The number of H-pyrrole nitrogens is 1. The summed E-state index contributed by atoms with van der Waals surface area (Å²) >= 11 is 0. The molecule has 0 amide bonds. The lowest BCUT2D eigenvalue weighted by Gasteiger charge is -2.09. The number of nitrogens with zero attached hydrogens (tertiary/aromatic N) is 1. The van der Waals surface area contributed by atoms with Crippen LogP contribution in [0.3, 0.4) is 0 Å². The number of hydrogen-bond donors (Lipinski definition) is 1. The van der Waals surface area contributed by atoms with Gasteiger partial charge in [-0.05, 0) is 24.3 Å². The molecule has 0 saturated carbocycles. The number of halogens is 4. The van der Waals surface area contributed by atoms with Crippen molar-refractivity contribution in [1.29, 1.82) is 5.26 Å². The van der Waals surface area contributed by atoms with Gasteiger partial charge in [0.15, 0.2) is 0 Å². The highest BCUT2D eigenvalue weighted by atomic mass is 19.4. The van der Waals surface area contributed by atoms with Crippen molar-refractivity contribution in [3.8, 4) is 17.3 Å². The first kappa shape index (κ1) is 13.8. The maximum atomic E-state index is 13.3. The molecule has 0 aliphatic carbocycles. The monoisotopic (exact) mass is 282 g/mol.